The summed E-state index contributed by atoms with van der Waals surface area (Å²) in [7, 11) is -0.547. The minimum Gasteiger partial charge on any atom is -0.538 e. The van der Waals surface area contributed by atoms with Crippen LogP contribution in [0.15, 0.2) is 18.5 Å². The lowest BCUT2D eigenvalue weighted by Crippen LogP contribution is -2.00. The highest BCUT2D eigenvalue weighted by Crippen LogP contribution is 2.21. The van der Waals surface area contributed by atoms with E-state index in [1.54, 1.807) is 0 Å². The van der Waals surface area contributed by atoms with Crippen LogP contribution in [0.5, 0.6) is 5.75 Å². The van der Waals surface area contributed by atoms with E-state index in [0.717, 1.165) is 12.3 Å². The molecule has 0 aliphatic rings. The predicted molar refractivity (Wildman–Crippen MR) is 39.2 cm³/mol. The van der Waals surface area contributed by atoms with Crippen molar-refractivity contribution in [3.05, 3.63) is 24.0 Å². The van der Waals surface area contributed by atoms with Crippen molar-refractivity contribution in [3.8, 4) is 5.75 Å². The number of aromatic nitrogens is 1. The molecule has 6 heteroatoms. The Morgan fingerprint density at radius 1 is 1.50 bits per heavy atom. The van der Waals surface area contributed by atoms with Crippen molar-refractivity contribution < 1.29 is 18.5 Å². The van der Waals surface area contributed by atoms with Crippen LogP contribution in [0.3, 0.4) is 0 Å². The van der Waals surface area contributed by atoms with E-state index in [1.165, 1.54) is 6.20 Å². The van der Waals surface area contributed by atoms with Gasteiger partial charge in [0.1, 0.15) is 5.75 Å². The van der Waals surface area contributed by atoms with Gasteiger partial charge in [0.25, 0.3) is 6.43 Å². The molecular formula is C6H6BF2NO2. The average molecular weight is 173 g/mol. The summed E-state index contributed by atoms with van der Waals surface area (Å²) in [5, 5.41) is 8.31. The smallest absolute Gasteiger partial charge is 0.504 e. The van der Waals surface area contributed by atoms with Crippen molar-refractivity contribution in [2.75, 3.05) is 0 Å². The van der Waals surface area contributed by atoms with E-state index in [-0.39, 0.29) is 11.3 Å². The average Bonchev–Trinajstić information content (AvgIpc) is 2.05. The van der Waals surface area contributed by atoms with Crippen LogP contribution in [0.4, 0.5) is 8.78 Å². The number of alkyl halides is 2. The third-order valence-corrected chi connectivity index (χ3v) is 1.22. The molecule has 1 aromatic heterocycles. The Morgan fingerprint density at radius 3 is 2.83 bits per heavy atom. The molecule has 0 amide bonds. The van der Waals surface area contributed by atoms with E-state index >= 15 is 0 Å². The maximum absolute atomic E-state index is 12.0. The van der Waals surface area contributed by atoms with Gasteiger partial charge in [0.2, 0.25) is 0 Å². The highest BCUT2D eigenvalue weighted by Gasteiger charge is 2.07. The summed E-state index contributed by atoms with van der Waals surface area (Å²) in [4.78, 5) is 3.51. The van der Waals surface area contributed by atoms with Crippen molar-refractivity contribution >= 4 is 7.69 Å². The zero-order valence-corrected chi connectivity index (χ0v) is 6.08. The van der Waals surface area contributed by atoms with Crippen LogP contribution in [0.25, 0.3) is 0 Å². The molecule has 0 atom stereocenters. The van der Waals surface area contributed by atoms with E-state index in [0.29, 0.717) is 0 Å². The second-order valence-electron chi connectivity index (χ2n) is 2.03. The number of halogens is 2. The minimum absolute atomic E-state index is 0.135. The van der Waals surface area contributed by atoms with Crippen molar-refractivity contribution in [2.45, 2.75) is 6.43 Å². The standard InChI is InChI=1S/C6H6BF2NO2/c8-6(9)4-1-5(12-7-11)3-10-2-4/h1-3,6-7,11H. The van der Waals surface area contributed by atoms with E-state index in [1.807, 2.05) is 0 Å². The molecule has 0 aliphatic heterocycles. The molecule has 1 rings (SSSR count). The molecule has 64 valence electrons. The lowest BCUT2D eigenvalue weighted by molar-refractivity contribution is 0.150. The van der Waals surface area contributed by atoms with Gasteiger partial charge in [0.15, 0.2) is 0 Å². The molecule has 0 unspecified atom stereocenters. The zero-order valence-electron chi connectivity index (χ0n) is 6.08. The second kappa shape index (κ2) is 4.01. The molecule has 12 heavy (non-hydrogen) atoms. The van der Waals surface area contributed by atoms with Gasteiger partial charge in [-0.05, 0) is 6.07 Å². The first-order valence-electron chi connectivity index (χ1n) is 3.21. The quantitative estimate of drug-likeness (QED) is 0.682. The Kier molecular flexibility index (Phi) is 2.98. The molecule has 0 fully saturated rings. The van der Waals surface area contributed by atoms with Gasteiger partial charge >= 0.3 is 7.69 Å². The SMILES string of the molecule is OBOc1cncc(C(F)F)c1. The minimum atomic E-state index is -2.57. The van der Waals surface area contributed by atoms with Gasteiger partial charge < -0.3 is 9.68 Å². The topological polar surface area (TPSA) is 42.4 Å². The Morgan fingerprint density at radius 2 is 2.25 bits per heavy atom. The van der Waals surface area contributed by atoms with Gasteiger partial charge in [-0.3, -0.25) is 4.98 Å². The molecule has 0 spiro atoms. The third kappa shape index (κ3) is 2.16. The zero-order chi connectivity index (χ0) is 8.97. The summed E-state index contributed by atoms with van der Waals surface area (Å²) in [6.07, 6.45) is -0.267. The van der Waals surface area contributed by atoms with Crippen molar-refractivity contribution in [1.82, 2.24) is 4.98 Å². The van der Waals surface area contributed by atoms with E-state index in [4.69, 9.17) is 5.02 Å². The first kappa shape index (κ1) is 8.93. The fourth-order valence-corrected chi connectivity index (χ4v) is 0.708. The van der Waals surface area contributed by atoms with Gasteiger partial charge in [0, 0.05) is 11.8 Å². The number of hydrogen-bond donors (Lipinski definition) is 1. The number of hydrogen-bond acceptors (Lipinski definition) is 3. The number of rotatable bonds is 3. The Labute approximate surface area is 68.3 Å². The van der Waals surface area contributed by atoms with Crippen LogP contribution < -0.4 is 4.65 Å². The van der Waals surface area contributed by atoms with Crippen LogP contribution in [0.1, 0.15) is 12.0 Å². The highest BCUT2D eigenvalue weighted by atomic mass is 19.3. The molecule has 0 saturated heterocycles. The molecule has 0 saturated carbocycles. The van der Waals surface area contributed by atoms with Crippen molar-refractivity contribution in [1.29, 1.82) is 0 Å². The summed E-state index contributed by atoms with van der Waals surface area (Å²) >= 11 is 0. The number of pyridine rings is 1. The fourth-order valence-electron chi connectivity index (χ4n) is 0.708. The van der Waals surface area contributed by atoms with Gasteiger partial charge in [-0.2, -0.15) is 0 Å². The highest BCUT2D eigenvalue weighted by molar-refractivity contribution is 6.17. The molecule has 0 bridgehead atoms. The van der Waals surface area contributed by atoms with Crippen LogP contribution in [0.2, 0.25) is 0 Å². The van der Waals surface area contributed by atoms with Crippen LogP contribution in [-0.4, -0.2) is 17.7 Å². The maximum Gasteiger partial charge on any atom is 0.504 e. The molecule has 0 aromatic carbocycles. The Hall–Kier alpha value is -1.17. The summed E-state index contributed by atoms with van der Waals surface area (Å²) in [6, 6.07) is 1.13. The van der Waals surface area contributed by atoms with Gasteiger partial charge in [-0.15, -0.1) is 0 Å². The second-order valence-corrected chi connectivity index (χ2v) is 2.03. The Balaban J connectivity index is 2.81. The molecular weight excluding hydrogens is 167 g/mol. The lowest BCUT2D eigenvalue weighted by atomic mass is 10.3. The fraction of sp³-hybridized carbons (Fsp3) is 0.167. The normalized spacial score (nSPS) is 10.0. The molecule has 1 N–H and O–H groups in total. The largest absolute Gasteiger partial charge is 0.538 e. The molecule has 3 nitrogen and oxygen atoms in total. The van der Waals surface area contributed by atoms with Gasteiger partial charge in [0.05, 0.1) is 6.20 Å². The Bertz CT molecular complexity index is 259. The van der Waals surface area contributed by atoms with Crippen LogP contribution in [-0.2, 0) is 0 Å². The monoisotopic (exact) mass is 173 g/mol. The van der Waals surface area contributed by atoms with Gasteiger partial charge in [-0.25, -0.2) is 8.78 Å². The lowest BCUT2D eigenvalue weighted by Gasteiger charge is -2.03. The molecule has 1 heterocycles. The first-order valence-corrected chi connectivity index (χ1v) is 3.21. The summed E-state index contributed by atoms with van der Waals surface area (Å²) in [6.45, 7) is 0. The first-order chi connectivity index (χ1) is 5.74. The molecule has 0 aliphatic carbocycles. The third-order valence-electron chi connectivity index (χ3n) is 1.22. The molecule has 0 radical (unpaired) electrons. The predicted octanol–water partition coefficient (Wildman–Crippen LogP) is 0.657. The van der Waals surface area contributed by atoms with Crippen LogP contribution in [0, 0.1) is 0 Å². The van der Waals surface area contributed by atoms with Crippen LogP contribution >= 0.6 is 0 Å². The maximum atomic E-state index is 12.0. The van der Waals surface area contributed by atoms with E-state index in [2.05, 4.69) is 9.64 Å². The van der Waals surface area contributed by atoms with E-state index in [9.17, 15) is 8.78 Å². The molecule has 1 aromatic rings. The van der Waals surface area contributed by atoms with E-state index < -0.39 is 14.1 Å². The van der Waals surface area contributed by atoms with Crippen molar-refractivity contribution in [2.24, 2.45) is 0 Å². The van der Waals surface area contributed by atoms with Crippen molar-refractivity contribution in [3.63, 3.8) is 0 Å². The summed E-state index contributed by atoms with van der Waals surface area (Å²) < 4.78 is 28.6. The summed E-state index contributed by atoms with van der Waals surface area (Å²) in [5.74, 6) is 0.135. The summed E-state index contributed by atoms with van der Waals surface area (Å²) in [5.41, 5.74) is -0.221. The van der Waals surface area contributed by atoms with Gasteiger partial charge in [-0.1, -0.05) is 0 Å². The number of nitrogens with zero attached hydrogens (tertiary/aromatic N) is 1.